The van der Waals surface area contributed by atoms with Crippen LogP contribution in [0.3, 0.4) is 0 Å². The first-order valence-electron chi connectivity index (χ1n) is 9.02. The maximum absolute atomic E-state index is 12.9. The maximum atomic E-state index is 12.9. The van der Waals surface area contributed by atoms with E-state index in [1.54, 1.807) is 30.5 Å². The van der Waals surface area contributed by atoms with Gasteiger partial charge in [-0.05, 0) is 67.9 Å². The van der Waals surface area contributed by atoms with Crippen LogP contribution in [-0.4, -0.2) is 17.0 Å². The molecule has 1 amide bonds. The van der Waals surface area contributed by atoms with Crippen LogP contribution in [0, 0.1) is 5.82 Å². The number of nitrogens with zero attached hydrogens (tertiary/aromatic N) is 1. The third-order valence-electron chi connectivity index (χ3n) is 3.89. The van der Waals surface area contributed by atoms with Crippen LogP contribution in [0.25, 0.3) is 0 Å². The summed E-state index contributed by atoms with van der Waals surface area (Å²) >= 11 is 0. The van der Waals surface area contributed by atoms with Crippen LogP contribution in [0.5, 0.6) is 5.75 Å². The monoisotopic (exact) mass is 379 g/mol. The van der Waals surface area contributed by atoms with Gasteiger partial charge in [-0.15, -0.1) is 0 Å². The van der Waals surface area contributed by atoms with Crippen molar-refractivity contribution in [2.45, 2.75) is 26.5 Å². The van der Waals surface area contributed by atoms with Gasteiger partial charge in [0.1, 0.15) is 17.4 Å². The Balaban J connectivity index is 1.61. The molecule has 0 bridgehead atoms. The quantitative estimate of drug-likeness (QED) is 0.626. The first kappa shape index (κ1) is 19.4. The van der Waals surface area contributed by atoms with Crippen molar-refractivity contribution >= 4 is 17.4 Å². The molecule has 144 valence electrons. The average Bonchev–Trinajstić information content (AvgIpc) is 2.69. The van der Waals surface area contributed by atoms with Gasteiger partial charge in [0.2, 0.25) is 0 Å². The maximum Gasteiger partial charge on any atom is 0.251 e. The van der Waals surface area contributed by atoms with Gasteiger partial charge in [-0.1, -0.05) is 12.1 Å². The molecule has 0 aliphatic heterocycles. The second kappa shape index (κ2) is 8.99. The van der Waals surface area contributed by atoms with Gasteiger partial charge in [0.15, 0.2) is 0 Å². The fourth-order valence-electron chi connectivity index (χ4n) is 2.56. The van der Waals surface area contributed by atoms with Crippen molar-refractivity contribution in [3.8, 4) is 5.75 Å². The molecule has 1 aromatic heterocycles. The van der Waals surface area contributed by atoms with Gasteiger partial charge in [0, 0.05) is 24.0 Å². The number of amides is 1. The SMILES string of the molecule is CC(C)Oc1ccc(Nc2cc(C(=O)NCc3ccc(F)cc3)ccn2)cc1. The molecule has 28 heavy (non-hydrogen) atoms. The Morgan fingerprint density at radius 2 is 1.79 bits per heavy atom. The molecule has 0 aliphatic carbocycles. The zero-order valence-electron chi connectivity index (χ0n) is 15.8. The highest BCUT2D eigenvalue weighted by atomic mass is 19.1. The lowest BCUT2D eigenvalue weighted by atomic mass is 10.2. The first-order chi connectivity index (χ1) is 13.5. The number of pyridine rings is 1. The van der Waals surface area contributed by atoms with E-state index in [0.29, 0.717) is 17.9 Å². The summed E-state index contributed by atoms with van der Waals surface area (Å²) < 4.78 is 18.6. The molecule has 5 nitrogen and oxygen atoms in total. The summed E-state index contributed by atoms with van der Waals surface area (Å²) in [6.07, 6.45) is 1.69. The van der Waals surface area contributed by atoms with Crippen molar-refractivity contribution in [2.75, 3.05) is 5.32 Å². The fraction of sp³-hybridized carbons (Fsp3) is 0.182. The molecule has 0 atom stereocenters. The molecular weight excluding hydrogens is 357 g/mol. The van der Waals surface area contributed by atoms with E-state index in [2.05, 4.69) is 15.6 Å². The summed E-state index contributed by atoms with van der Waals surface area (Å²) in [5.74, 6) is 0.827. The molecule has 6 heteroatoms. The van der Waals surface area contributed by atoms with Crippen LogP contribution in [0.4, 0.5) is 15.9 Å². The standard InChI is InChI=1S/C22H22FN3O2/c1-15(2)28-20-9-7-19(8-10-20)26-21-13-17(11-12-24-21)22(27)25-14-16-3-5-18(23)6-4-16/h3-13,15H,14H2,1-2H3,(H,24,26)(H,25,27). The number of carbonyl (C=O) groups is 1. The molecule has 0 aliphatic rings. The summed E-state index contributed by atoms with van der Waals surface area (Å²) in [7, 11) is 0. The highest BCUT2D eigenvalue weighted by Crippen LogP contribution is 2.20. The number of halogens is 1. The second-order valence-corrected chi connectivity index (χ2v) is 6.55. The molecule has 2 N–H and O–H groups in total. The second-order valence-electron chi connectivity index (χ2n) is 6.55. The van der Waals surface area contributed by atoms with Crippen LogP contribution in [0.15, 0.2) is 66.9 Å². The number of ether oxygens (including phenoxy) is 1. The predicted molar refractivity (Wildman–Crippen MR) is 107 cm³/mol. The summed E-state index contributed by atoms with van der Waals surface area (Å²) in [5.41, 5.74) is 2.15. The van der Waals surface area contributed by atoms with Crippen LogP contribution >= 0.6 is 0 Å². The number of nitrogens with one attached hydrogen (secondary N) is 2. The summed E-state index contributed by atoms with van der Waals surface area (Å²) in [6, 6.07) is 16.9. The smallest absolute Gasteiger partial charge is 0.251 e. The van der Waals surface area contributed by atoms with E-state index < -0.39 is 0 Å². The fourth-order valence-corrected chi connectivity index (χ4v) is 2.56. The number of anilines is 2. The number of hydrogen-bond donors (Lipinski definition) is 2. The van der Waals surface area contributed by atoms with E-state index in [0.717, 1.165) is 17.0 Å². The van der Waals surface area contributed by atoms with Crippen molar-refractivity contribution in [3.63, 3.8) is 0 Å². The highest BCUT2D eigenvalue weighted by molar-refractivity contribution is 5.94. The first-order valence-corrected chi connectivity index (χ1v) is 9.02. The minimum atomic E-state index is -0.302. The molecule has 0 fully saturated rings. The third-order valence-corrected chi connectivity index (χ3v) is 3.89. The van der Waals surface area contributed by atoms with E-state index in [9.17, 15) is 9.18 Å². The van der Waals surface area contributed by atoms with Gasteiger partial charge in [-0.25, -0.2) is 9.37 Å². The van der Waals surface area contributed by atoms with Crippen LogP contribution in [-0.2, 0) is 6.54 Å². The normalized spacial score (nSPS) is 10.6. The lowest BCUT2D eigenvalue weighted by molar-refractivity contribution is 0.0951. The van der Waals surface area contributed by atoms with E-state index >= 15 is 0 Å². The van der Waals surface area contributed by atoms with E-state index in [1.165, 1.54) is 12.1 Å². The number of aromatic nitrogens is 1. The number of hydrogen-bond acceptors (Lipinski definition) is 4. The van der Waals surface area contributed by atoms with Crippen LogP contribution in [0.1, 0.15) is 29.8 Å². The van der Waals surface area contributed by atoms with Crippen LogP contribution < -0.4 is 15.4 Å². The number of benzene rings is 2. The number of carbonyl (C=O) groups excluding carboxylic acids is 1. The molecule has 0 spiro atoms. The Morgan fingerprint density at radius 3 is 2.46 bits per heavy atom. The van der Waals surface area contributed by atoms with E-state index in [1.807, 2.05) is 38.1 Å². The molecule has 0 saturated carbocycles. The third kappa shape index (κ3) is 5.54. The summed E-state index contributed by atoms with van der Waals surface area (Å²) in [5, 5.41) is 5.99. The lowest BCUT2D eigenvalue weighted by Crippen LogP contribution is -2.22. The summed E-state index contributed by atoms with van der Waals surface area (Å²) in [6.45, 7) is 4.27. The van der Waals surface area contributed by atoms with Gasteiger partial charge in [0.05, 0.1) is 6.10 Å². The van der Waals surface area contributed by atoms with Crippen molar-refractivity contribution in [1.82, 2.24) is 10.3 Å². The topological polar surface area (TPSA) is 63.2 Å². The Kier molecular flexibility index (Phi) is 6.22. The Bertz CT molecular complexity index is 925. The minimum Gasteiger partial charge on any atom is -0.491 e. The molecule has 0 unspecified atom stereocenters. The van der Waals surface area contributed by atoms with Crippen molar-refractivity contribution in [2.24, 2.45) is 0 Å². The Labute approximate surface area is 163 Å². The van der Waals surface area contributed by atoms with Gasteiger partial charge >= 0.3 is 0 Å². The largest absolute Gasteiger partial charge is 0.491 e. The molecule has 1 heterocycles. The van der Waals surface area contributed by atoms with E-state index in [4.69, 9.17) is 4.74 Å². The van der Waals surface area contributed by atoms with Crippen molar-refractivity contribution < 1.29 is 13.9 Å². The van der Waals surface area contributed by atoms with Crippen molar-refractivity contribution in [1.29, 1.82) is 0 Å². The van der Waals surface area contributed by atoms with Crippen LogP contribution in [0.2, 0.25) is 0 Å². The zero-order valence-corrected chi connectivity index (χ0v) is 15.8. The van der Waals surface area contributed by atoms with Gasteiger partial charge < -0.3 is 15.4 Å². The van der Waals surface area contributed by atoms with Gasteiger partial charge in [0.25, 0.3) is 5.91 Å². The van der Waals surface area contributed by atoms with E-state index in [-0.39, 0.29) is 17.8 Å². The molecule has 0 saturated heterocycles. The van der Waals surface area contributed by atoms with Crippen molar-refractivity contribution in [3.05, 3.63) is 83.8 Å². The molecular formula is C22H22FN3O2. The zero-order chi connectivity index (χ0) is 19.9. The summed E-state index contributed by atoms with van der Waals surface area (Å²) in [4.78, 5) is 16.6. The Morgan fingerprint density at radius 1 is 1.07 bits per heavy atom. The van der Waals surface area contributed by atoms with Gasteiger partial charge in [-0.2, -0.15) is 0 Å². The average molecular weight is 379 g/mol. The Hall–Kier alpha value is -3.41. The number of rotatable bonds is 7. The predicted octanol–water partition coefficient (Wildman–Crippen LogP) is 4.68. The lowest BCUT2D eigenvalue weighted by Gasteiger charge is -2.11. The van der Waals surface area contributed by atoms with Gasteiger partial charge in [-0.3, -0.25) is 4.79 Å². The molecule has 3 aromatic rings. The minimum absolute atomic E-state index is 0.116. The highest BCUT2D eigenvalue weighted by Gasteiger charge is 2.07. The molecule has 3 rings (SSSR count). The molecule has 0 radical (unpaired) electrons. The molecule has 2 aromatic carbocycles.